The van der Waals surface area contributed by atoms with Gasteiger partial charge in [0.25, 0.3) is 7.52 Å². The van der Waals surface area contributed by atoms with E-state index in [4.69, 9.17) is 30.0 Å². The van der Waals surface area contributed by atoms with Crippen molar-refractivity contribution in [2.75, 3.05) is 85.3 Å². The molecule has 2 unspecified atom stereocenters. The Morgan fingerprint density at radius 1 is 0.977 bits per heavy atom. The first-order chi connectivity index (χ1) is 20.3. The van der Waals surface area contributed by atoms with Crippen molar-refractivity contribution < 1.29 is 27.7 Å². The highest BCUT2D eigenvalue weighted by Crippen LogP contribution is 2.50. The lowest BCUT2D eigenvalue weighted by molar-refractivity contribution is -0.130. The zero-order valence-corrected chi connectivity index (χ0v) is 26.3. The Morgan fingerprint density at radius 3 is 2.16 bits per heavy atom. The van der Waals surface area contributed by atoms with Gasteiger partial charge in [-0.05, 0) is 30.8 Å². The van der Waals surface area contributed by atoms with E-state index in [1.54, 1.807) is 28.2 Å². The van der Waals surface area contributed by atoms with Crippen molar-refractivity contribution in [1.29, 1.82) is 0 Å². The summed E-state index contributed by atoms with van der Waals surface area (Å²) in [5, 5.41) is 3.20. The smallest absolute Gasteiger partial charge is 0.383 e. The molecule has 4 rings (SSSR count). The SMILES string of the molecule is CN(C)[P+](=O)OC[C@@H]1CN(CP(=O)(OC[C@@H]2CNC[C@H](n3ccc(N)nc3=O)O2)N(C)C)C[C@H](n2ccc(N)nc2=O)O1. The van der Waals surface area contributed by atoms with E-state index in [1.807, 2.05) is 4.90 Å². The zero-order valence-electron chi connectivity index (χ0n) is 24.5. The predicted octanol–water partition coefficient (Wildman–Crippen LogP) is -0.685. The van der Waals surface area contributed by atoms with Gasteiger partial charge < -0.3 is 30.8 Å². The van der Waals surface area contributed by atoms with E-state index in [0.29, 0.717) is 13.1 Å². The van der Waals surface area contributed by atoms with Gasteiger partial charge in [0.05, 0.1) is 19.0 Å². The minimum Gasteiger partial charge on any atom is -0.383 e. The third kappa shape index (κ3) is 8.73. The lowest BCUT2D eigenvalue weighted by Gasteiger charge is -2.40. The molecule has 0 amide bonds. The summed E-state index contributed by atoms with van der Waals surface area (Å²) in [6, 6.07) is 2.98. The van der Waals surface area contributed by atoms with Crippen LogP contribution >= 0.6 is 15.7 Å². The first-order valence-corrected chi connectivity index (χ1v) is 16.4. The molecule has 0 radical (unpaired) electrons. The largest absolute Gasteiger partial charge is 0.615 e. The van der Waals surface area contributed by atoms with Crippen LogP contribution < -0.4 is 28.2 Å². The molecule has 0 aliphatic carbocycles. The Bertz CT molecular complexity index is 1440. The van der Waals surface area contributed by atoms with Gasteiger partial charge in [-0.1, -0.05) is 4.67 Å². The molecule has 2 aliphatic heterocycles. The van der Waals surface area contributed by atoms with Crippen LogP contribution in [0.3, 0.4) is 0 Å². The van der Waals surface area contributed by atoms with Gasteiger partial charge in [0.1, 0.15) is 24.3 Å². The molecule has 43 heavy (non-hydrogen) atoms. The zero-order chi connectivity index (χ0) is 31.3. The molecule has 6 atom stereocenters. The number of aromatic nitrogens is 4. The Morgan fingerprint density at radius 2 is 1.58 bits per heavy atom. The van der Waals surface area contributed by atoms with Gasteiger partial charge in [-0.3, -0.25) is 18.6 Å². The number of morpholine rings is 2. The van der Waals surface area contributed by atoms with E-state index in [2.05, 4.69) is 15.3 Å². The van der Waals surface area contributed by atoms with Crippen LogP contribution in [-0.2, 0) is 27.7 Å². The van der Waals surface area contributed by atoms with Gasteiger partial charge in [0.2, 0.25) is 0 Å². The second-order valence-electron chi connectivity index (χ2n) is 10.5. The normalized spacial score (nSPS) is 25.1. The van der Waals surface area contributed by atoms with Crippen LogP contribution in [0.5, 0.6) is 0 Å². The van der Waals surface area contributed by atoms with Crippen LogP contribution in [0.4, 0.5) is 11.6 Å². The Balaban J connectivity index is 1.46. The average Bonchev–Trinajstić information content (AvgIpc) is 2.94. The van der Waals surface area contributed by atoms with Gasteiger partial charge in [0.15, 0.2) is 12.5 Å². The lowest BCUT2D eigenvalue weighted by atomic mass is 10.3. The summed E-state index contributed by atoms with van der Waals surface area (Å²) in [5.41, 5.74) is 10.1. The summed E-state index contributed by atoms with van der Waals surface area (Å²) in [6.45, 7) is 1.16. The quantitative estimate of drug-likeness (QED) is 0.244. The van der Waals surface area contributed by atoms with Crippen LogP contribution in [-0.4, -0.2) is 119 Å². The molecular formula is C23H39N10O8P2+. The summed E-state index contributed by atoms with van der Waals surface area (Å²) in [4.78, 5) is 34.3. The molecule has 20 heteroatoms. The Hall–Kier alpha value is -2.63. The lowest BCUT2D eigenvalue weighted by Crippen LogP contribution is -2.50. The van der Waals surface area contributed by atoms with E-state index >= 15 is 0 Å². The first-order valence-electron chi connectivity index (χ1n) is 13.5. The molecule has 2 aliphatic rings. The van der Waals surface area contributed by atoms with Crippen LogP contribution in [0.2, 0.25) is 0 Å². The standard InChI is InChI=1S/C23H38N10O8P2/c1-29(2)42(36)38-13-17-11-31(12-21(41-17)33-8-6-19(25)28-23(33)35)15-43(37,30(3)4)39-14-16-9-26-10-20(40-16)32-7-5-18(24)27-22(32)34/h5-8,16-17,20-21,26H,9-15H2,1-4H3,(H3-,24,25,27,28,34,35)/p+1/t16-,17-,20+,21+,43?/m0/s1. The molecule has 2 aromatic heterocycles. The molecule has 0 spiro atoms. The van der Waals surface area contributed by atoms with E-state index in [-0.39, 0.29) is 44.2 Å². The second-order valence-corrected chi connectivity index (χ2v) is 14.7. The van der Waals surface area contributed by atoms with Crippen LogP contribution in [0.15, 0.2) is 34.1 Å². The maximum atomic E-state index is 14.2. The number of nitrogens with zero attached hydrogens (tertiary/aromatic N) is 7. The third-order valence-corrected chi connectivity index (χ3v) is 10.3. The van der Waals surface area contributed by atoms with Crippen molar-refractivity contribution >= 4 is 27.3 Å². The highest BCUT2D eigenvalue weighted by atomic mass is 31.2. The Labute approximate surface area is 249 Å². The predicted molar refractivity (Wildman–Crippen MR) is 157 cm³/mol. The highest BCUT2D eigenvalue weighted by molar-refractivity contribution is 7.56. The van der Waals surface area contributed by atoms with Crippen molar-refractivity contribution in [3.05, 3.63) is 45.5 Å². The average molecular weight is 646 g/mol. The summed E-state index contributed by atoms with van der Waals surface area (Å²) >= 11 is 0. The summed E-state index contributed by atoms with van der Waals surface area (Å²) < 4.78 is 55.6. The fourth-order valence-corrected chi connectivity index (χ4v) is 6.71. The van der Waals surface area contributed by atoms with Crippen molar-refractivity contribution in [3.63, 3.8) is 0 Å². The number of anilines is 2. The van der Waals surface area contributed by atoms with Crippen LogP contribution in [0, 0.1) is 0 Å². The third-order valence-electron chi connectivity index (χ3n) is 6.74. The van der Waals surface area contributed by atoms with Crippen LogP contribution in [0.25, 0.3) is 0 Å². The molecule has 2 saturated heterocycles. The molecule has 18 nitrogen and oxygen atoms in total. The molecule has 0 saturated carbocycles. The summed E-state index contributed by atoms with van der Waals surface area (Å²) in [6.07, 6.45) is 0.380. The molecule has 0 aromatic carbocycles. The summed E-state index contributed by atoms with van der Waals surface area (Å²) in [5.74, 6) is 0.182. The molecule has 2 aromatic rings. The van der Waals surface area contributed by atoms with Gasteiger partial charge in [-0.15, -0.1) is 4.52 Å². The number of nitrogens with one attached hydrogen (secondary N) is 1. The van der Waals surface area contributed by atoms with Crippen molar-refractivity contribution in [2.24, 2.45) is 0 Å². The van der Waals surface area contributed by atoms with E-state index in [9.17, 15) is 18.7 Å². The fraction of sp³-hybridized carbons (Fsp3) is 0.652. The molecular weight excluding hydrogens is 606 g/mol. The Kier molecular flexibility index (Phi) is 11.2. The van der Waals surface area contributed by atoms with Gasteiger partial charge in [-0.25, -0.2) is 14.3 Å². The highest BCUT2D eigenvalue weighted by Gasteiger charge is 2.38. The molecule has 0 bridgehead atoms. The summed E-state index contributed by atoms with van der Waals surface area (Å²) in [7, 11) is 0.981. The maximum absolute atomic E-state index is 14.2. The second kappa shape index (κ2) is 14.4. The number of nitrogens with two attached hydrogens (primary N) is 2. The van der Waals surface area contributed by atoms with Crippen molar-refractivity contribution in [1.82, 2.24) is 38.7 Å². The van der Waals surface area contributed by atoms with Crippen molar-refractivity contribution in [2.45, 2.75) is 24.7 Å². The fourth-order valence-electron chi connectivity index (χ4n) is 4.49. The monoisotopic (exact) mass is 645 g/mol. The van der Waals surface area contributed by atoms with Crippen LogP contribution in [0.1, 0.15) is 12.5 Å². The topological polar surface area (TPSA) is 215 Å². The molecule has 2 fully saturated rings. The minimum absolute atomic E-state index is 0.0156. The number of rotatable bonds is 12. The molecule has 5 N–H and O–H groups in total. The van der Waals surface area contributed by atoms with E-state index < -0.39 is 51.7 Å². The molecule has 238 valence electrons. The number of ether oxygens (including phenoxy) is 2. The molecule has 4 heterocycles. The van der Waals surface area contributed by atoms with E-state index in [0.717, 1.165) is 0 Å². The first kappa shape index (κ1) is 33.3. The number of hydrogen-bond donors (Lipinski definition) is 3. The van der Waals surface area contributed by atoms with E-state index in [1.165, 1.54) is 43.0 Å². The number of hydrogen-bond acceptors (Lipinski definition) is 14. The van der Waals surface area contributed by atoms with Gasteiger partial charge in [-0.2, -0.15) is 9.97 Å². The van der Waals surface area contributed by atoms with Gasteiger partial charge in [0, 0.05) is 52.7 Å². The number of nitrogen functional groups attached to an aromatic ring is 2. The van der Waals surface area contributed by atoms with Crippen molar-refractivity contribution in [3.8, 4) is 0 Å². The maximum Gasteiger partial charge on any atom is 0.615 e. The minimum atomic E-state index is -3.48. The van der Waals surface area contributed by atoms with Gasteiger partial charge >= 0.3 is 19.6 Å².